The van der Waals surface area contributed by atoms with Gasteiger partial charge in [-0.3, -0.25) is 4.79 Å². The molecular weight excluding hydrogens is 320 g/mol. The van der Waals surface area contributed by atoms with Gasteiger partial charge in [-0.05, 0) is 35.9 Å². The summed E-state index contributed by atoms with van der Waals surface area (Å²) in [7, 11) is 1.51. The molecule has 0 radical (unpaired) electrons. The summed E-state index contributed by atoms with van der Waals surface area (Å²) in [6.07, 6.45) is 1.40. The van der Waals surface area contributed by atoms with Gasteiger partial charge in [0.05, 0.1) is 7.11 Å². The summed E-state index contributed by atoms with van der Waals surface area (Å²) >= 11 is 0. The largest absolute Gasteiger partial charge is 0.493 e. The molecule has 0 atom stereocenters. The Morgan fingerprint density at radius 1 is 1.12 bits per heavy atom. The van der Waals surface area contributed by atoms with Crippen LogP contribution >= 0.6 is 0 Å². The predicted molar refractivity (Wildman–Crippen MR) is 93.2 cm³/mol. The molecule has 0 bridgehead atoms. The van der Waals surface area contributed by atoms with Gasteiger partial charge in [0.15, 0.2) is 11.5 Å². The first kappa shape index (κ1) is 17.9. The van der Waals surface area contributed by atoms with E-state index in [9.17, 15) is 4.79 Å². The van der Waals surface area contributed by atoms with Crippen molar-refractivity contribution in [3.8, 4) is 23.3 Å². The SMILES string of the molecule is COc1cc(C=C(C#N)C(N)=O)ccc1OCCOc1ccccc1. The first-order valence-electron chi connectivity index (χ1n) is 7.54. The molecule has 0 aliphatic carbocycles. The molecule has 0 spiro atoms. The van der Waals surface area contributed by atoms with Crippen LogP contribution in [0.15, 0.2) is 54.1 Å². The summed E-state index contributed by atoms with van der Waals surface area (Å²) in [5.41, 5.74) is 5.60. The van der Waals surface area contributed by atoms with E-state index < -0.39 is 5.91 Å². The average Bonchev–Trinajstić information content (AvgIpc) is 2.64. The topological polar surface area (TPSA) is 94.6 Å². The average molecular weight is 338 g/mol. The molecule has 0 unspecified atom stereocenters. The van der Waals surface area contributed by atoms with E-state index in [4.69, 9.17) is 25.2 Å². The number of nitrogens with zero attached hydrogens (tertiary/aromatic N) is 1. The molecule has 0 aliphatic rings. The van der Waals surface area contributed by atoms with Crippen LogP contribution < -0.4 is 19.9 Å². The first-order valence-corrected chi connectivity index (χ1v) is 7.54. The molecule has 128 valence electrons. The van der Waals surface area contributed by atoms with Gasteiger partial charge in [-0.15, -0.1) is 0 Å². The number of nitrogens with two attached hydrogens (primary N) is 1. The number of carbonyl (C=O) groups is 1. The lowest BCUT2D eigenvalue weighted by Gasteiger charge is -2.12. The second-order valence-corrected chi connectivity index (χ2v) is 4.95. The van der Waals surface area contributed by atoms with E-state index in [1.54, 1.807) is 24.3 Å². The number of benzene rings is 2. The second kappa shape index (κ2) is 8.99. The lowest BCUT2D eigenvalue weighted by atomic mass is 10.1. The van der Waals surface area contributed by atoms with Crippen molar-refractivity contribution in [3.63, 3.8) is 0 Å². The number of ether oxygens (including phenoxy) is 3. The van der Waals surface area contributed by atoms with Gasteiger partial charge in [0.2, 0.25) is 0 Å². The van der Waals surface area contributed by atoms with Crippen molar-refractivity contribution < 1.29 is 19.0 Å². The number of rotatable bonds is 8. The Hall–Kier alpha value is -3.46. The van der Waals surface area contributed by atoms with Gasteiger partial charge >= 0.3 is 0 Å². The van der Waals surface area contributed by atoms with E-state index in [1.807, 2.05) is 30.3 Å². The fourth-order valence-corrected chi connectivity index (χ4v) is 2.05. The minimum absolute atomic E-state index is 0.132. The monoisotopic (exact) mass is 338 g/mol. The molecular formula is C19H18N2O4. The summed E-state index contributed by atoms with van der Waals surface area (Å²) in [6, 6.07) is 16.3. The molecule has 1 amide bonds. The van der Waals surface area contributed by atoms with E-state index >= 15 is 0 Å². The first-order chi connectivity index (χ1) is 12.1. The zero-order valence-electron chi connectivity index (χ0n) is 13.8. The molecule has 6 nitrogen and oxygen atoms in total. The number of hydrogen-bond acceptors (Lipinski definition) is 5. The van der Waals surface area contributed by atoms with E-state index in [0.29, 0.717) is 30.3 Å². The highest BCUT2D eigenvalue weighted by Crippen LogP contribution is 2.29. The van der Waals surface area contributed by atoms with E-state index in [-0.39, 0.29) is 5.57 Å². The van der Waals surface area contributed by atoms with Crippen LogP contribution in [-0.2, 0) is 4.79 Å². The van der Waals surface area contributed by atoms with Crippen LogP contribution in [0.5, 0.6) is 17.2 Å². The Balaban J connectivity index is 1.99. The highest BCUT2D eigenvalue weighted by atomic mass is 16.5. The maximum absolute atomic E-state index is 11.1. The molecule has 25 heavy (non-hydrogen) atoms. The standard InChI is InChI=1S/C19H18N2O4/c1-23-18-12-14(11-15(13-20)19(21)22)7-8-17(18)25-10-9-24-16-5-3-2-4-6-16/h2-8,11-12H,9-10H2,1H3,(H2,21,22). The fraction of sp³-hybridized carbons (Fsp3) is 0.158. The molecule has 2 N–H and O–H groups in total. The maximum atomic E-state index is 11.1. The van der Waals surface area contributed by atoms with Crippen LogP contribution in [0.25, 0.3) is 6.08 Å². The molecule has 0 saturated carbocycles. The number of carbonyl (C=O) groups excluding carboxylic acids is 1. The summed E-state index contributed by atoms with van der Waals surface area (Å²) in [5.74, 6) is 1.01. The highest BCUT2D eigenvalue weighted by Gasteiger charge is 2.08. The zero-order valence-corrected chi connectivity index (χ0v) is 13.8. The van der Waals surface area contributed by atoms with Crippen molar-refractivity contribution in [2.24, 2.45) is 5.73 Å². The van der Waals surface area contributed by atoms with Crippen LogP contribution in [0.3, 0.4) is 0 Å². The predicted octanol–water partition coefficient (Wildman–Crippen LogP) is 2.55. The van der Waals surface area contributed by atoms with Crippen molar-refractivity contribution >= 4 is 12.0 Å². The molecule has 2 rings (SSSR count). The van der Waals surface area contributed by atoms with Gasteiger partial charge < -0.3 is 19.9 Å². The van der Waals surface area contributed by atoms with Crippen molar-refractivity contribution in [1.82, 2.24) is 0 Å². The third-order valence-electron chi connectivity index (χ3n) is 3.24. The Morgan fingerprint density at radius 3 is 2.48 bits per heavy atom. The molecule has 0 fully saturated rings. The smallest absolute Gasteiger partial charge is 0.259 e. The summed E-state index contributed by atoms with van der Waals surface area (Å²) in [4.78, 5) is 11.1. The third kappa shape index (κ3) is 5.29. The Kier molecular flexibility index (Phi) is 6.43. The highest BCUT2D eigenvalue weighted by molar-refractivity contribution is 6.00. The van der Waals surface area contributed by atoms with Crippen molar-refractivity contribution in [2.75, 3.05) is 20.3 Å². The van der Waals surface area contributed by atoms with Crippen LogP contribution in [0.2, 0.25) is 0 Å². The minimum atomic E-state index is -0.778. The van der Waals surface area contributed by atoms with E-state index in [2.05, 4.69) is 0 Å². The number of para-hydroxylation sites is 1. The minimum Gasteiger partial charge on any atom is -0.493 e. The van der Waals surface area contributed by atoms with Crippen LogP contribution in [-0.4, -0.2) is 26.2 Å². The van der Waals surface area contributed by atoms with Gasteiger partial charge in [0, 0.05) is 0 Å². The molecule has 0 aliphatic heterocycles. The zero-order chi connectivity index (χ0) is 18.1. The second-order valence-electron chi connectivity index (χ2n) is 4.95. The van der Waals surface area contributed by atoms with Gasteiger partial charge in [-0.1, -0.05) is 24.3 Å². The molecule has 6 heteroatoms. The molecule has 0 heterocycles. The van der Waals surface area contributed by atoms with Crippen LogP contribution in [0.1, 0.15) is 5.56 Å². The van der Waals surface area contributed by atoms with Crippen molar-refractivity contribution in [2.45, 2.75) is 0 Å². The number of primary amides is 1. The van der Waals surface area contributed by atoms with Crippen LogP contribution in [0.4, 0.5) is 0 Å². The normalized spacial score (nSPS) is 10.6. The molecule has 0 saturated heterocycles. The van der Waals surface area contributed by atoms with Crippen molar-refractivity contribution in [1.29, 1.82) is 5.26 Å². The quantitative estimate of drug-likeness (QED) is 0.453. The van der Waals surface area contributed by atoms with Gasteiger partial charge in [0.1, 0.15) is 30.6 Å². The lowest BCUT2D eigenvalue weighted by molar-refractivity contribution is -0.114. The van der Waals surface area contributed by atoms with E-state index in [0.717, 1.165) is 5.75 Å². The number of amides is 1. The number of nitriles is 1. The fourth-order valence-electron chi connectivity index (χ4n) is 2.05. The summed E-state index contributed by atoms with van der Waals surface area (Å²) in [5, 5.41) is 8.89. The van der Waals surface area contributed by atoms with Gasteiger partial charge in [-0.2, -0.15) is 5.26 Å². The third-order valence-corrected chi connectivity index (χ3v) is 3.24. The molecule has 0 aromatic heterocycles. The Labute approximate surface area is 146 Å². The molecule has 2 aromatic rings. The summed E-state index contributed by atoms with van der Waals surface area (Å²) in [6.45, 7) is 0.722. The van der Waals surface area contributed by atoms with E-state index in [1.165, 1.54) is 13.2 Å². The Morgan fingerprint density at radius 2 is 1.84 bits per heavy atom. The number of methoxy groups -OCH3 is 1. The molecule has 2 aromatic carbocycles. The van der Waals surface area contributed by atoms with Gasteiger partial charge in [-0.25, -0.2) is 0 Å². The lowest BCUT2D eigenvalue weighted by Crippen LogP contribution is -2.12. The van der Waals surface area contributed by atoms with Crippen molar-refractivity contribution in [3.05, 3.63) is 59.7 Å². The Bertz CT molecular complexity index is 795. The van der Waals surface area contributed by atoms with Gasteiger partial charge in [0.25, 0.3) is 5.91 Å². The van der Waals surface area contributed by atoms with Crippen LogP contribution in [0, 0.1) is 11.3 Å². The number of hydrogen-bond donors (Lipinski definition) is 1. The maximum Gasteiger partial charge on any atom is 0.259 e. The summed E-state index contributed by atoms with van der Waals surface area (Å²) < 4.78 is 16.5.